The minimum absolute atomic E-state index is 0.0954. The summed E-state index contributed by atoms with van der Waals surface area (Å²) >= 11 is 0. The normalized spacial score (nSPS) is 19.7. The summed E-state index contributed by atoms with van der Waals surface area (Å²) in [4.78, 5) is 2.50. The van der Waals surface area contributed by atoms with Crippen LogP contribution in [0.4, 0.5) is 0 Å². The Morgan fingerprint density at radius 3 is 2.83 bits per heavy atom. The van der Waals surface area contributed by atoms with Crippen molar-refractivity contribution >= 4 is 0 Å². The van der Waals surface area contributed by atoms with Crippen molar-refractivity contribution in [3.05, 3.63) is 58.1 Å². The molecule has 0 saturated heterocycles. The Balaban J connectivity index is 1.72. The van der Waals surface area contributed by atoms with Crippen molar-refractivity contribution < 1.29 is 14.9 Å². The van der Waals surface area contributed by atoms with Crippen LogP contribution in [-0.4, -0.2) is 28.8 Å². The van der Waals surface area contributed by atoms with Gasteiger partial charge in [0.1, 0.15) is 0 Å². The Bertz CT molecular complexity index is 757. The zero-order valence-corrected chi connectivity index (χ0v) is 13.2. The van der Waals surface area contributed by atoms with E-state index in [1.165, 1.54) is 22.3 Å². The van der Waals surface area contributed by atoms with Crippen LogP contribution < -0.4 is 4.74 Å². The van der Waals surface area contributed by atoms with Gasteiger partial charge in [-0.2, -0.15) is 0 Å². The van der Waals surface area contributed by atoms with Gasteiger partial charge in [-0.3, -0.25) is 4.90 Å². The molecule has 120 valence electrons. The third kappa shape index (κ3) is 2.38. The highest BCUT2D eigenvalue weighted by Crippen LogP contribution is 2.41. The van der Waals surface area contributed by atoms with Crippen LogP contribution in [0.15, 0.2) is 30.3 Å². The van der Waals surface area contributed by atoms with Crippen molar-refractivity contribution in [2.75, 3.05) is 13.7 Å². The number of benzene rings is 2. The molecule has 0 spiro atoms. The molecule has 2 aliphatic heterocycles. The molecule has 0 saturated carbocycles. The van der Waals surface area contributed by atoms with Crippen LogP contribution in [0.25, 0.3) is 0 Å². The van der Waals surface area contributed by atoms with Gasteiger partial charge in [-0.25, -0.2) is 0 Å². The topological polar surface area (TPSA) is 52.9 Å². The summed E-state index contributed by atoms with van der Waals surface area (Å²) in [6, 6.07) is 10.5. The van der Waals surface area contributed by atoms with Crippen molar-refractivity contribution in [2.24, 2.45) is 0 Å². The number of aromatic hydroxyl groups is 1. The molecule has 2 N–H and O–H groups in total. The summed E-state index contributed by atoms with van der Waals surface area (Å²) in [7, 11) is 1.59. The van der Waals surface area contributed by atoms with Crippen LogP contribution in [0.5, 0.6) is 11.5 Å². The molecule has 4 heteroatoms. The van der Waals surface area contributed by atoms with Gasteiger partial charge < -0.3 is 14.9 Å². The molecule has 0 fully saturated rings. The first-order chi connectivity index (χ1) is 11.2. The Morgan fingerprint density at radius 1 is 1.17 bits per heavy atom. The largest absolute Gasteiger partial charge is 0.504 e. The van der Waals surface area contributed by atoms with Gasteiger partial charge in [0, 0.05) is 19.1 Å². The first-order valence-corrected chi connectivity index (χ1v) is 8.05. The monoisotopic (exact) mass is 311 g/mol. The smallest absolute Gasteiger partial charge is 0.160 e. The van der Waals surface area contributed by atoms with Crippen LogP contribution in [0.2, 0.25) is 0 Å². The maximum Gasteiger partial charge on any atom is 0.160 e. The number of hydrogen-bond donors (Lipinski definition) is 2. The van der Waals surface area contributed by atoms with Crippen molar-refractivity contribution in [2.45, 2.75) is 32.0 Å². The van der Waals surface area contributed by atoms with Crippen molar-refractivity contribution in [3.63, 3.8) is 0 Å². The molecule has 2 aliphatic rings. The van der Waals surface area contributed by atoms with Gasteiger partial charge in [-0.05, 0) is 52.8 Å². The number of aliphatic hydroxyl groups excluding tert-OH is 1. The number of phenolic OH excluding ortho intramolecular Hbond substituents is 1. The molecule has 2 aromatic rings. The molecule has 0 amide bonds. The van der Waals surface area contributed by atoms with E-state index in [1.54, 1.807) is 7.11 Å². The molecule has 0 radical (unpaired) electrons. The molecule has 0 aliphatic carbocycles. The van der Waals surface area contributed by atoms with Gasteiger partial charge in [0.15, 0.2) is 11.5 Å². The van der Waals surface area contributed by atoms with Crippen molar-refractivity contribution in [1.82, 2.24) is 4.90 Å². The van der Waals surface area contributed by atoms with Gasteiger partial charge in [0.2, 0.25) is 0 Å². The molecule has 0 bridgehead atoms. The van der Waals surface area contributed by atoms with E-state index < -0.39 is 0 Å². The molecular formula is C19H21NO3. The van der Waals surface area contributed by atoms with Crippen molar-refractivity contribution in [1.29, 1.82) is 0 Å². The molecule has 2 heterocycles. The van der Waals surface area contributed by atoms with Crippen LogP contribution >= 0.6 is 0 Å². The Morgan fingerprint density at radius 2 is 2.04 bits per heavy atom. The number of rotatable bonds is 2. The fraction of sp³-hybridized carbons (Fsp3) is 0.368. The second-order valence-corrected chi connectivity index (χ2v) is 6.42. The quantitative estimate of drug-likeness (QED) is 0.895. The molecular weight excluding hydrogens is 290 g/mol. The van der Waals surface area contributed by atoms with E-state index in [1.807, 2.05) is 18.2 Å². The number of fused-ring (bicyclic) bond motifs is 4. The van der Waals surface area contributed by atoms with E-state index in [4.69, 9.17) is 4.74 Å². The van der Waals surface area contributed by atoms with Gasteiger partial charge in [-0.1, -0.05) is 18.2 Å². The molecule has 1 atom stereocenters. The zero-order valence-electron chi connectivity index (χ0n) is 13.2. The number of phenols is 1. The number of ether oxygens (including phenoxy) is 1. The summed E-state index contributed by atoms with van der Waals surface area (Å²) in [6.07, 6.45) is 1.92. The number of methoxy groups -OCH3 is 1. The minimum Gasteiger partial charge on any atom is -0.504 e. The first-order valence-electron chi connectivity index (χ1n) is 8.05. The summed E-state index contributed by atoms with van der Waals surface area (Å²) in [5.74, 6) is 0.763. The third-order valence-electron chi connectivity index (χ3n) is 5.15. The Kier molecular flexibility index (Phi) is 3.51. The summed E-state index contributed by atoms with van der Waals surface area (Å²) in [5.41, 5.74) is 6.12. The van der Waals surface area contributed by atoms with Crippen LogP contribution in [0.3, 0.4) is 0 Å². The van der Waals surface area contributed by atoms with E-state index in [9.17, 15) is 10.2 Å². The fourth-order valence-corrected chi connectivity index (χ4v) is 3.93. The van der Waals surface area contributed by atoms with Gasteiger partial charge in [0.25, 0.3) is 0 Å². The lowest BCUT2D eigenvalue weighted by Crippen LogP contribution is -2.39. The highest BCUT2D eigenvalue weighted by molar-refractivity contribution is 5.49. The van der Waals surface area contributed by atoms with Gasteiger partial charge in [-0.15, -0.1) is 0 Å². The van der Waals surface area contributed by atoms with Gasteiger partial charge in [0.05, 0.1) is 13.7 Å². The second-order valence-electron chi connectivity index (χ2n) is 6.42. The predicted octanol–water partition coefficient (Wildman–Crippen LogP) is 2.55. The standard InChI is InChI=1S/C19H21NO3/c1-23-19-9-15-10-20-5-4-13-6-12(11-21)2-3-16(13)17(20)7-14(15)8-18(19)22/h2-3,6,8-9,17,21-22H,4-5,7,10-11H2,1H3/t17-/m1/s1. The number of nitrogens with zero attached hydrogens (tertiary/aromatic N) is 1. The molecule has 4 rings (SSSR count). The Labute approximate surface area is 135 Å². The SMILES string of the molecule is COc1cc2c(cc1O)C[C@@H]1c3ccc(CO)cc3CCN1C2. The average molecular weight is 311 g/mol. The lowest BCUT2D eigenvalue weighted by molar-refractivity contribution is 0.160. The van der Waals surface area contributed by atoms with E-state index in [0.29, 0.717) is 11.8 Å². The summed E-state index contributed by atoms with van der Waals surface area (Å²) in [5, 5.41) is 19.4. The number of aliphatic hydroxyl groups is 1. The van der Waals surface area contributed by atoms with E-state index in [-0.39, 0.29) is 12.4 Å². The maximum absolute atomic E-state index is 10.1. The van der Waals surface area contributed by atoms with E-state index in [2.05, 4.69) is 17.0 Å². The molecule has 23 heavy (non-hydrogen) atoms. The van der Waals surface area contributed by atoms with Crippen LogP contribution in [0.1, 0.15) is 33.9 Å². The van der Waals surface area contributed by atoms with Gasteiger partial charge >= 0.3 is 0 Å². The fourth-order valence-electron chi connectivity index (χ4n) is 3.93. The van der Waals surface area contributed by atoms with Crippen molar-refractivity contribution in [3.8, 4) is 11.5 Å². The first kappa shape index (κ1) is 14.5. The minimum atomic E-state index is 0.0954. The van der Waals surface area contributed by atoms with E-state index >= 15 is 0 Å². The summed E-state index contributed by atoms with van der Waals surface area (Å²) in [6.45, 7) is 2.01. The molecule has 2 aromatic carbocycles. The number of hydrogen-bond acceptors (Lipinski definition) is 4. The molecule has 4 nitrogen and oxygen atoms in total. The highest BCUT2D eigenvalue weighted by Gasteiger charge is 2.32. The lowest BCUT2D eigenvalue weighted by atomic mass is 9.83. The summed E-state index contributed by atoms with van der Waals surface area (Å²) < 4.78 is 5.24. The molecule has 0 unspecified atom stereocenters. The van der Waals surface area contributed by atoms with Crippen LogP contribution in [-0.2, 0) is 26.0 Å². The zero-order chi connectivity index (χ0) is 16.0. The highest BCUT2D eigenvalue weighted by atomic mass is 16.5. The lowest BCUT2D eigenvalue weighted by Gasteiger charge is -2.41. The third-order valence-corrected chi connectivity index (χ3v) is 5.15. The second kappa shape index (κ2) is 5.55. The Hall–Kier alpha value is -2.04. The van der Waals surface area contributed by atoms with E-state index in [0.717, 1.165) is 31.5 Å². The maximum atomic E-state index is 10.1. The predicted molar refractivity (Wildman–Crippen MR) is 87.6 cm³/mol. The van der Waals surface area contributed by atoms with Crippen LogP contribution in [0, 0.1) is 0 Å². The molecule has 0 aromatic heterocycles. The average Bonchev–Trinajstić information content (AvgIpc) is 2.59.